The second-order valence-electron chi connectivity index (χ2n) is 4.92. The average molecular weight is 259 g/mol. The van der Waals surface area contributed by atoms with Crippen molar-refractivity contribution in [1.29, 1.82) is 0 Å². The minimum atomic E-state index is 0.419. The standard InChI is InChI=1S/C15H21N3O/c1-11(2)15-17-6-7-18(15)10-12-4-5-14(19-3)13(8-12)9-16/h4-8,11H,9-10,16H2,1-3H3. The Labute approximate surface area is 114 Å². The number of nitrogens with zero attached hydrogens (tertiary/aromatic N) is 2. The fourth-order valence-corrected chi connectivity index (χ4v) is 2.24. The summed E-state index contributed by atoms with van der Waals surface area (Å²) in [5.74, 6) is 2.37. The van der Waals surface area contributed by atoms with Crippen molar-refractivity contribution in [3.8, 4) is 5.75 Å². The van der Waals surface area contributed by atoms with Gasteiger partial charge < -0.3 is 15.0 Å². The van der Waals surface area contributed by atoms with E-state index in [1.165, 1.54) is 5.56 Å². The lowest BCUT2D eigenvalue weighted by molar-refractivity contribution is 0.409. The Morgan fingerprint density at radius 2 is 2.16 bits per heavy atom. The van der Waals surface area contributed by atoms with E-state index in [2.05, 4.69) is 35.5 Å². The van der Waals surface area contributed by atoms with Crippen LogP contribution in [0.2, 0.25) is 0 Å². The Hall–Kier alpha value is -1.81. The van der Waals surface area contributed by atoms with Crippen molar-refractivity contribution in [1.82, 2.24) is 9.55 Å². The summed E-state index contributed by atoms with van der Waals surface area (Å²) < 4.78 is 7.46. The molecule has 102 valence electrons. The highest BCUT2D eigenvalue weighted by atomic mass is 16.5. The number of methoxy groups -OCH3 is 1. The average Bonchev–Trinajstić information content (AvgIpc) is 2.87. The SMILES string of the molecule is COc1ccc(Cn2ccnc2C(C)C)cc1CN. The highest BCUT2D eigenvalue weighted by Gasteiger charge is 2.09. The summed E-state index contributed by atoms with van der Waals surface area (Å²) in [6.07, 6.45) is 3.87. The van der Waals surface area contributed by atoms with E-state index in [0.717, 1.165) is 23.7 Å². The second-order valence-corrected chi connectivity index (χ2v) is 4.92. The number of benzene rings is 1. The lowest BCUT2D eigenvalue weighted by Crippen LogP contribution is -2.07. The predicted octanol–water partition coefficient (Wildman–Crippen LogP) is 2.52. The molecule has 0 amide bonds. The fourth-order valence-electron chi connectivity index (χ4n) is 2.24. The van der Waals surface area contributed by atoms with Gasteiger partial charge in [0.25, 0.3) is 0 Å². The molecule has 2 N–H and O–H groups in total. The number of hydrogen-bond acceptors (Lipinski definition) is 3. The molecule has 2 rings (SSSR count). The van der Waals surface area contributed by atoms with Crippen molar-refractivity contribution in [2.45, 2.75) is 32.9 Å². The molecule has 0 aliphatic rings. The van der Waals surface area contributed by atoms with Crippen molar-refractivity contribution < 1.29 is 4.74 Å². The molecule has 0 spiro atoms. The van der Waals surface area contributed by atoms with Gasteiger partial charge in [0.15, 0.2) is 0 Å². The molecule has 0 fully saturated rings. The third-order valence-corrected chi connectivity index (χ3v) is 3.18. The van der Waals surface area contributed by atoms with E-state index in [1.807, 2.05) is 18.5 Å². The van der Waals surface area contributed by atoms with Crippen LogP contribution < -0.4 is 10.5 Å². The van der Waals surface area contributed by atoms with Gasteiger partial charge in [-0.25, -0.2) is 4.98 Å². The number of hydrogen-bond donors (Lipinski definition) is 1. The van der Waals surface area contributed by atoms with E-state index in [4.69, 9.17) is 10.5 Å². The van der Waals surface area contributed by atoms with Crippen LogP contribution in [0.3, 0.4) is 0 Å². The molecule has 1 aromatic heterocycles. The van der Waals surface area contributed by atoms with Gasteiger partial charge in [0, 0.05) is 37.0 Å². The van der Waals surface area contributed by atoms with Gasteiger partial charge in [-0.2, -0.15) is 0 Å². The molecular formula is C15H21N3O. The smallest absolute Gasteiger partial charge is 0.123 e. The van der Waals surface area contributed by atoms with E-state index >= 15 is 0 Å². The molecule has 0 aliphatic carbocycles. The normalized spacial score (nSPS) is 11.0. The molecule has 0 saturated carbocycles. The van der Waals surface area contributed by atoms with Crippen LogP contribution in [0.25, 0.3) is 0 Å². The summed E-state index contributed by atoms with van der Waals surface area (Å²) in [5, 5.41) is 0. The van der Waals surface area contributed by atoms with E-state index in [9.17, 15) is 0 Å². The first-order valence-corrected chi connectivity index (χ1v) is 6.52. The van der Waals surface area contributed by atoms with Crippen LogP contribution >= 0.6 is 0 Å². The van der Waals surface area contributed by atoms with Crippen LogP contribution in [0, 0.1) is 0 Å². The summed E-state index contributed by atoms with van der Waals surface area (Å²) in [7, 11) is 1.67. The van der Waals surface area contributed by atoms with E-state index in [0.29, 0.717) is 12.5 Å². The highest BCUT2D eigenvalue weighted by Crippen LogP contribution is 2.21. The number of ether oxygens (including phenoxy) is 1. The van der Waals surface area contributed by atoms with Crippen LogP contribution in [0.1, 0.15) is 36.7 Å². The number of imidazole rings is 1. The molecule has 1 heterocycles. The van der Waals surface area contributed by atoms with Gasteiger partial charge >= 0.3 is 0 Å². The van der Waals surface area contributed by atoms with Crippen molar-refractivity contribution in [2.75, 3.05) is 7.11 Å². The summed E-state index contributed by atoms with van der Waals surface area (Å²) in [6.45, 7) is 5.60. The van der Waals surface area contributed by atoms with E-state index < -0.39 is 0 Å². The highest BCUT2D eigenvalue weighted by molar-refractivity contribution is 5.37. The maximum Gasteiger partial charge on any atom is 0.123 e. The Balaban J connectivity index is 2.26. The van der Waals surface area contributed by atoms with Gasteiger partial charge in [0.1, 0.15) is 11.6 Å². The van der Waals surface area contributed by atoms with E-state index in [-0.39, 0.29) is 0 Å². The van der Waals surface area contributed by atoms with E-state index in [1.54, 1.807) is 7.11 Å². The summed E-state index contributed by atoms with van der Waals surface area (Å²) in [4.78, 5) is 4.40. The lowest BCUT2D eigenvalue weighted by Gasteiger charge is -2.12. The molecule has 0 atom stereocenters. The zero-order valence-corrected chi connectivity index (χ0v) is 11.8. The third-order valence-electron chi connectivity index (χ3n) is 3.18. The number of nitrogens with two attached hydrogens (primary N) is 1. The van der Waals surface area contributed by atoms with Crippen LogP contribution in [0.15, 0.2) is 30.6 Å². The van der Waals surface area contributed by atoms with Crippen LogP contribution in [0.4, 0.5) is 0 Å². The minimum Gasteiger partial charge on any atom is -0.496 e. The largest absolute Gasteiger partial charge is 0.496 e. The topological polar surface area (TPSA) is 53.1 Å². The zero-order valence-electron chi connectivity index (χ0n) is 11.8. The van der Waals surface area contributed by atoms with Gasteiger partial charge in [-0.05, 0) is 17.7 Å². The van der Waals surface area contributed by atoms with Gasteiger partial charge in [0.05, 0.1) is 7.11 Å². The number of aromatic nitrogens is 2. The monoisotopic (exact) mass is 259 g/mol. The molecular weight excluding hydrogens is 238 g/mol. The fraction of sp³-hybridized carbons (Fsp3) is 0.400. The molecule has 0 bridgehead atoms. The molecule has 0 aliphatic heterocycles. The Kier molecular flexibility index (Phi) is 4.22. The maximum absolute atomic E-state index is 5.75. The molecule has 19 heavy (non-hydrogen) atoms. The lowest BCUT2D eigenvalue weighted by atomic mass is 10.1. The maximum atomic E-state index is 5.75. The quantitative estimate of drug-likeness (QED) is 0.897. The van der Waals surface area contributed by atoms with Gasteiger partial charge in [-0.1, -0.05) is 19.9 Å². The first kappa shape index (κ1) is 13.6. The van der Waals surface area contributed by atoms with Gasteiger partial charge in [-0.15, -0.1) is 0 Å². The van der Waals surface area contributed by atoms with Crippen molar-refractivity contribution in [3.05, 3.63) is 47.5 Å². The van der Waals surface area contributed by atoms with Crippen LogP contribution in [-0.2, 0) is 13.1 Å². The first-order chi connectivity index (χ1) is 9.15. The zero-order chi connectivity index (χ0) is 13.8. The predicted molar refractivity (Wildman–Crippen MR) is 76.3 cm³/mol. The molecule has 2 aromatic rings. The van der Waals surface area contributed by atoms with Gasteiger partial charge in [0.2, 0.25) is 0 Å². The van der Waals surface area contributed by atoms with Crippen LogP contribution in [-0.4, -0.2) is 16.7 Å². The summed E-state index contributed by atoms with van der Waals surface area (Å²) in [5.41, 5.74) is 7.99. The third kappa shape index (κ3) is 2.96. The van der Waals surface area contributed by atoms with Crippen LogP contribution in [0.5, 0.6) is 5.75 Å². The molecule has 0 saturated heterocycles. The number of rotatable bonds is 5. The molecule has 0 unspecified atom stereocenters. The summed E-state index contributed by atoms with van der Waals surface area (Å²) in [6, 6.07) is 6.15. The Morgan fingerprint density at radius 3 is 2.79 bits per heavy atom. The Bertz CT molecular complexity index is 546. The summed E-state index contributed by atoms with van der Waals surface area (Å²) >= 11 is 0. The van der Waals surface area contributed by atoms with Gasteiger partial charge in [-0.3, -0.25) is 0 Å². The van der Waals surface area contributed by atoms with Crippen molar-refractivity contribution >= 4 is 0 Å². The Morgan fingerprint density at radius 1 is 1.37 bits per heavy atom. The van der Waals surface area contributed by atoms with Crippen molar-refractivity contribution in [3.63, 3.8) is 0 Å². The minimum absolute atomic E-state index is 0.419. The molecule has 0 radical (unpaired) electrons. The molecule has 4 nitrogen and oxygen atoms in total. The second kappa shape index (κ2) is 5.89. The first-order valence-electron chi connectivity index (χ1n) is 6.52. The molecule has 1 aromatic carbocycles. The van der Waals surface area contributed by atoms with Crippen molar-refractivity contribution in [2.24, 2.45) is 5.73 Å². The molecule has 4 heteroatoms.